The van der Waals surface area contributed by atoms with Crippen LogP contribution < -0.4 is 5.73 Å². The topological polar surface area (TPSA) is 43.8 Å². The lowest BCUT2D eigenvalue weighted by Gasteiger charge is -2.10. The van der Waals surface area contributed by atoms with Crippen LogP contribution in [0.25, 0.3) is 0 Å². The predicted molar refractivity (Wildman–Crippen MR) is 74.3 cm³/mol. The highest BCUT2D eigenvalue weighted by Crippen LogP contribution is 2.18. The first kappa shape index (κ1) is 13.7. The van der Waals surface area contributed by atoms with Crippen molar-refractivity contribution >= 4 is 0 Å². The molecule has 2 rings (SSSR count). The summed E-state index contributed by atoms with van der Waals surface area (Å²) in [5.41, 5.74) is 7.44. The zero-order valence-corrected chi connectivity index (χ0v) is 11.4. The molecule has 1 aromatic heterocycles. The monoisotopic (exact) mass is 261 g/mol. The van der Waals surface area contributed by atoms with Gasteiger partial charge in [-0.25, -0.2) is 9.37 Å². The van der Waals surface area contributed by atoms with Crippen LogP contribution in [-0.2, 0) is 13.0 Å². The zero-order valence-electron chi connectivity index (χ0n) is 11.4. The van der Waals surface area contributed by atoms with Crippen LogP contribution in [0.1, 0.15) is 43.3 Å². The van der Waals surface area contributed by atoms with Gasteiger partial charge in [-0.15, -0.1) is 0 Å². The van der Waals surface area contributed by atoms with Crippen LogP contribution in [-0.4, -0.2) is 9.55 Å². The van der Waals surface area contributed by atoms with Gasteiger partial charge in [0.15, 0.2) is 0 Å². The fraction of sp³-hybridized carbons (Fsp3) is 0.400. The van der Waals surface area contributed by atoms with Gasteiger partial charge in [-0.2, -0.15) is 0 Å². The molecule has 1 heterocycles. The molecule has 1 aromatic carbocycles. The first-order valence-electron chi connectivity index (χ1n) is 6.65. The average molecular weight is 261 g/mol. The molecule has 0 fully saturated rings. The van der Waals surface area contributed by atoms with E-state index >= 15 is 0 Å². The molecule has 0 aliphatic rings. The highest BCUT2D eigenvalue weighted by molar-refractivity contribution is 5.29. The molecular weight excluding hydrogens is 241 g/mol. The van der Waals surface area contributed by atoms with Crippen molar-refractivity contribution in [1.82, 2.24) is 9.55 Å². The molecule has 1 atom stereocenters. The number of aromatic nitrogens is 2. The largest absolute Gasteiger partial charge is 0.335 e. The predicted octanol–water partition coefficient (Wildman–Crippen LogP) is 3.04. The van der Waals surface area contributed by atoms with Gasteiger partial charge in [0.2, 0.25) is 0 Å². The molecule has 1 unspecified atom stereocenters. The van der Waals surface area contributed by atoms with Gasteiger partial charge in [0, 0.05) is 31.4 Å². The maximum absolute atomic E-state index is 13.9. The molecule has 0 spiro atoms. The fourth-order valence-electron chi connectivity index (χ4n) is 2.14. The standard InChI is InChI=1S/C15H20FN3/c1-3-7-19-8-6-18-15(19)10-13-9-12(11(2)17)4-5-14(13)16/h4-6,8-9,11H,3,7,10,17H2,1-2H3. The van der Waals surface area contributed by atoms with Crippen molar-refractivity contribution in [2.45, 2.75) is 39.3 Å². The Bertz CT molecular complexity index is 546. The van der Waals surface area contributed by atoms with Crippen molar-refractivity contribution in [3.05, 3.63) is 53.4 Å². The smallest absolute Gasteiger partial charge is 0.126 e. The zero-order chi connectivity index (χ0) is 13.8. The molecule has 2 N–H and O–H groups in total. The van der Waals surface area contributed by atoms with E-state index in [1.807, 2.05) is 19.2 Å². The molecule has 0 saturated carbocycles. The van der Waals surface area contributed by atoms with Gasteiger partial charge in [-0.1, -0.05) is 19.1 Å². The molecule has 0 radical (unpaired) electrons. The Hall–Kier alpha value is -1.68. The van der Waals surface area contributed by atoms with Crippen LogP contribution in [0.4, 0.5) is 4.39 Å². The van der Waals surface area contributed by atoms with Crippen molar-refractivity contribution in [1.29, 1.82) is 0 Å². The minimum Gasteiger partial charge on any atom is -0.335 e. The van der Waals surface area contributed by atoms with Gasteiger partial charge in [0.05, 0.1) is 0 Å². The Morgan fingerprint density at radius 1 is 1.42 bits per heavy atom. The maximum Gasteiger partial charge on any atom is 0.126 e. The number of aryl methyl sites for hydroxylation is 1. The van der Waals surface area contributed by atoms with Crippen molar-refractivity contribution < 1.29 is 4.39 Å². The molecule has 0 bridgehead atoms. The second kappa shape index (κ2) is 5.97. The Balaban J connectivity index is 2.27. The Kier molecular flexibility index (Phi) is 4.32. The lowest BCUT2D eigenvalue weighted by atomic mass is 10.0. The number of benzene rings is 1. The molecule has 19 heavy (non-hydrogen) atoms. The van der Waals surface area contributed by atoms with E-state index in [1.54, 1.807) is 12.3 Å². The highest BCUT2D eigenvalue weighted by Gasteiger charge is 2.10. The summed E-state index contributed by atoms with van der Waals surface area (Å²) in [6, 6.07) is 4.98. The van der Waals surface area contributed by atoms with Crippen molar-refractivity contribution in [3.8, 4) is 0 Å². The van der Waals surface area contributed by atoms with Crippen LogP contribution >= 0.6 is 0 Å². The van der Waals surface area contributed by atoms with Crippen LogP contribution in [0, 0.1) is 5.82 Å². The lowest BCUT2D eigenvalue weighted by Crippen LogP contribution is -2.08. The van der Waals surface area contributed by atoms with Gasteiger partial charge in [-0.05, 0) is 30.5 Å². The van der Waals surface area contributed by atoms with E-state index in [9.17, 15) is 4.39 Å². The lowest BCUT2D eigenvalue weighted by molar-refractivity contribution is 0.600. The number of nitrogens with two attached hydrogens (primary N) is 1. The van der Waals surface area contributed by atoms with Crippen molar-refractivity contribution in [2.75, 3.05) is 0 Å². The summed E-state index contributed by atoms with van der Waals surface area (Å²) in [7, 11) is 0. The van der Waals surface area contributed by atoms with Crippen molar-refractivity contribution in [2.24, 2.45) is 5.73 Å². The number of halogens is 1. The molecule has 0 aliphatic heterocycles. The van der Waals surface area contributed by atoms with E-state index in [0.717, 1.165) is 24.4 Å². The molecule has 0 aliphatic carbocycles. The van der Waals surface area contributed by atoms with Gasteiger partial charge in [0.25, 0.3) is 0 Å². The van der Waals surface area contributed by atoms with Crippen LogP contribution in [0.2, 0.25) is 0 Å². The second-order valence-electron chi connectivity index (χ2n) is 4.85. The first-order chi connectivity index (χ1) is 9.11. The summed E-state index contributed by atoms with van der Waals surface area (Å²) < 4.78 is 15.9. The minimum atomic E-state index is -0.199. The third kappa shape index (κ3) is 3.20. The summed E-state index contributed by atoms with van der Waals surface area (Å²) in [6.45, 7) is 4.92. The fourth-order valence-corrected chi connectivity index (χ4v) is 2.14. The quantitative estimate of drug-likeness (QED) is 0.899. The summed E-state index contributed by atoms with van der Waals surface area (Å²) >= 11 is 0. The summed E-state index contributed by atoms with van der Waals surface area (Å²) in [5.74, 6) is 0.693. The molecule has 4 heteroatoms. The van der Waals surface area contributed by atoms with Gasteiger partial charge in [0.1, 0.15) is 11.6 Å². The highest BCUT2D eigenvalue weighted by atomic mass is 19.1. The first-order valence-corrected chi connectivity index (χ1v) is 6.65. The Morgan fingerprint density at radius 3 is 2.89 bits per heavy atom. The average Bonchev–Trinajstić information content (AvgIpc) is 2.80. The SMILES string of the molecule is CCCn1ccnc1Cc1cc(C(C)N)ccc1F. The van der Waals surface area contributed by atoms with Gasteiger partial charge in [-0.3, -0.25) is 0 Å². The Morgan fingerprint density at radius 2 is 2.21 bits per heavy atom. The molecule has 3 nitrogen and oxygen atoms in total. The van der Waals surface area contributed by atoms with Crippen LogP contribution in [0.3, 0.4) is 0 Å². The third-order valence-electron chi connectivity index (χ3n) is 3.21. The molecular formula is C15H20FN3. The Labute approximate surface area is 113 Å². The number of imidazole rings is 1. The van der Waals surface area contributed by atoms with E-state index in [2.05, 4.69) is 16.5 Å². The normalized spacial score (nSPS) is 12.6. The molecule has 0 amide bonds. The minimum absolute atomic E-state index is 0.0882. The van der Waals surface area contributed by atoms with Gasteiger partial charge < -0.3 is 10.3 Å². The molecule has 102 valence electrons. The summed E-state index contributed by atoms with van der Waals surface area (Å²) in [4.78, 5) is 4.31. The summed E-state index contributed by atoms with van der Waals surface area (Å²) in [5, 5.41) is 0. The number of hydrogen-bond donors (Lipinski definition) is 1. The number of nitrogens with zero attached hydrogens (tertiary/aromatic N) is 2. The van der Waals surface area contributed by atoms with Crippen molar-refractivity contribution in [3.63, 3.8) is 0 Å². The van der Waals surface area contributed by atoms with Crippen LogP contribution in [0.15, 0.2) is 30.6 Å². The van der Waals surface area contributed by atoms with E-state index in [4.69, 9.17) is 5.73 Å². The van der Waals surface area contributed by atoms with Gasteiger partial charge >= 0.3 is 0 Å². The molecule has 0 saturated heterocycles. The van der Waals surface area contributed by atoms with Crippen LogP contribution in [0.5, 0.6) is 0 Å². The van der Waals surface area contributed by atoms with E-state index in [-0.39, 0.29) is 11.9 Å². The summed E-state index contributed by atoms with van der Waals surface area (Å²) in [6.07, 6.45) is 5.23. The maximum atomic E-state index is 13.9. The number of hydrogen-bond acceptors (Lipinski definition) is 2. The van der Waals surface area contributed by atoms with E-state index < -0.39 is 0 Å². The third-order valence-corrected chi connectivity index (χ3v) is 3.21. The number of rotatable bonds is 5. The second-order valence-corrected chi connectivity index (χ2v) is 4.85. The van der Waals surface area contributed by atoms with E-state index in [0.29, 0.717) is 12.0 Å². The van der Waals surface area contributed by atoms with E-state index in [1.165, 1.54) is 6.07 Å². The molecule has 2 aromatic rings.